The quantitative estimate of drug-likeness (QED) is 0.349. The molecule has 8 heteroatoms. The van der Waals surface area contributed by atoms with Crippen molar-refractivity contribution in [3.05, 3.63) is 108 Å². The van der Waals surface area contributed by atoms with E-state index < -0.39 is 18.4 Å². The largest absolute Gasteiger partial charge is 0.486 e. The third kappa shape index (κ3) is 7.72. The van der Waals surface area contributed by atoms with Gasteiger partial charge in [-0.2, -0.15) is 0 Å². The molecule has 37 heavy (non-hydrogen) atoms. The van der Waals surface area contributed by atoms with E-state index in [-0.39, 0.29) is 18.3 Å². The van der Waals surface area contributed by atoms with Crippen molar-refractivity contribution in [3.63, 3.8) is 0 Å². The highest BCUT2D eigenvalue weighted by molar-refractivity contribution is 5.69. The van der Waals surface area contributed by atoms with E-state index in [1.165, 1.54) is 18.4 Å². The highest BCUT2D eigenvalue weighted by atomic mass is 19.1. The van der Waals surface area contributed by atoms with Crippen molar-refractivity contribution < 1.29 is 33.2 Å². The van der Waals surface area contributed by atoms with Gasteiger partial charge in [-0.1, -0.05) is 48.5 Å². The molecule has 0 fully saturated rings. The smallest absolute Gasteiger partial charge is 0.324 e. The number of aliphatic carboxylic acids is 1. The van der Waals surface area contributed by atoms with E-state index >= 15 is 0 Å². The summed E-state index contributed by atoms with van der Waals surface area (Å²) >= 11 is 0. The maximum absolute atomic E-state index is 13.5. The van der Waals surface area contributed by atoms with Gasteiger partial charge in [-0.05, 0) is 48.9 Å². The molecule has 1 aliphatic heterocycles. The Morgan fingerprint density at radius 2 is 1.86 bits per heavy atom. The van der Waals surface area contributed by atoms with Crippen molar-refractivity contribution in [1.82, 2.24) is 4.90 Å². The van der Waals surface area contributed by atoms with Crippen LogP contribution in [0.15, 0.2) is 85.0 Å². The molecule has 194 valence electrons. The fraction of sp³-hybridized carbons (Fsp3) is 0.276. The Morgan fingerprint density at radius 3 is 2.59 bits per heavy atom. The van der Waals surface area contributed by atoms with E-state index in [0.29, 0.717) is 30.9 Å². The summed E-state index contributed by atoms with van der Waals surface area (Å²) in [6.07, 6.45) is 1.65. The Labute approximate surface area is 215 Å². The average Bonchev–Trinajstić information content (AvgIpc) is 3.31. The number of hydrogen-bond acceptors (Lipinski definition) is 6. The van der Waals surface area contributed by atoms with Crippen molar-refractivity contribution in [1.29, 1.82) is 0 Å². The van der Waals surface area contributed by atoms with Crippen molar-refractivity contribution in [2.75, 3.05) is 20.1 Å². The number of halogens is 1. The lowest BCUT2D eigenvalue weighted by Crippen LogP contribution is -2.28. The first-order valence-corrected chi connectivity index (χ1v) is 12.0. The minimum atomic E-state index is -0.902. The molecule has 0 amide bonds. The lowest BCUT2D eigenvalue weighted by Gasteiger charge is -2.23. The lowest BCUT2D eigenvalue weighted by atomic mass is 10.1. The third-order valence-corrected chi connectivity index (χ3v) is 5.88. The van der Waals surface area contributed by atoms with Gasteiger partial charge in [0.1, 0.15) is 23.4 Å². The van der Waals surface area contributed by atoms with E-state index in [1.54, 1.807) is 30.1 Å². The van der Waals surface area contributed by atoms with Crippen molar-refractivity contribution >= 4 is 5.97 Å². The Balaban J connectivity index is 1.42. The van der Waals surface area contributed by atoms with E-state index in [9.17, 15) is 9.18 Å². The normalized spacial score (nSPS) is 15.5. The molecular formula is C29H30FNO6. The van der Waals surface area contributed by atoms with Gasteiger partial charge in [0.05, 0.1) is 6.54 Å². The number of carbonyl (C=O) groups is 1. The van der Waals surface area contributed by atoms with E-state index in [2.05, 4.69) is 0 Å². The molecule has 1 aliphatic rings. The van der Waals surface area contributed by atoms with Gasteiger partial charge in [-0.25, -0.2) is 4.39 Å². The summed E-state index contributed by atoms with van der Waals surface area (Å²) in [6.45, 7) is 2.31. The number of hydrogen-bond donors (Lipinski definition) is 1. The molecule has 0 spiro atoms. The number of ether oxygens (including phenoxy) is 4. The zero-order valence-electron chi connectivity index (χ0n) is 20.8. The maximum Gasteiger partial charge on any atom is 0.324 e. The summed E-state index contributed by atoms with van der Waals surface area (Å²) in [5, 5.41) is 9.04. The molecule has 2 atom stereocenters. The van der Waals surface area contributed by atoms with Crippen LogP contribution >= 0.6 is 0 Å². The number of nitrogens with zero attached hydrogens (tertiary/aromatic N) is 1. The van der Waals surface area contributed by atoms with Gasteiger partial charge in [-0.15, -0.1) is 0 Å². The number of aryl methyl sites for hydroxylation is 1. The molecule has 7 nitrogen and oxygen atoms in total. The van der Waals surface area contributed by atoms with Gasteiger partial charge in [-0.3, -0.25) is 9.69 Å². The number of carboxylic acids is 1. The minimum absolute atomic E-state index is 0.0822. The number of likely N-dealkylation sites (N-methyl/N-ethyl adjacent to an activating group) is 1. The molecule has 2 unspecified atom stereocenters. The first kappa shape index (κ1) is 26.0. The van der Waals surface area contributed by atoms with Crippen LogP contribution in [0.5, 0.6) is 11.5 Å². The Morgan fingerprint density at radius 1 is 1.11 bits per heavy atom. The minimum Gasteiger partial charge on any atom is -0.486 e. The van der Waals surface area contributed by atoms with Gasteiger partial charge in [0.2, 0.25) is 6.29 Å². The first-order chi connectivity index (χ1) is 17.9. The van der Waals surface area contributed by atoms with Gasteiger partial charge in [0.15, 0.2) is 6.26 Å². The van der Waals surface area contributed by atoms with Crippen molar-refractivity contribution in [2.24, 2.45) is 0 Å². The zero-order valence-corrected chi connectivity index (χ0v) is 20.8. The fourth-order valence-corrected chi connectivity index (χ4v) is 3.92. The van der Waals surface area contributed by atoms with Crippen molar-refractivity contribution in [2.45, 2.75) is 32.2 Å². The summed E-state index contributed by atoms with van der Waals surface area (Å²) in [5.74, 6) is 0.117. The van der Waals surface area contributed by atoms with Crippen LogP contribution in [0.1, 0.15) is 29.2 Å². The summed E-state index contributed by atoms with van der Waals surface area (Å²) in [5.41, 5.74) is 2.75. The summed E-state index contributed by atoms with van der Waals surface area (Å²) in [6, 6.07) is 21.5. The second kappa shape index (κ2) is 12.3. The lowest BCUT2D eigenvalue weighted by molar-refractivity contribution is -0.138. The molecule has 1 N–H and O–H groups in total. The third-order valence-electron chi connectivity index (χ3n) is 5.88. The molecule has 0 bridgehead atoms. The van der Waals surface area contributed by atoms with Crippen LogP contribution in [0.25, 0.3) is 0 Å². The summed E-state index contributed by atoms with van der Waals surface area (Å²) in [4.78, 5) is 12.7. The van der Waals surface area contributed by atoms with Crippen LogP contribution in [0.2, 0.25) is 0 Å². The highest BCUT2D eigenvalue weighted by Crippen LogP contribution is 2.32. The van der Waals surface area contributed by atoms with E-state index in [0.717, 1.165) is 16.7 Å². The molecule has 0 aromatic heterocycles. The van der Waals surface area contributed by atoms with Crippen LogP contribution in [-0.4, -0.2) is 42.4 Å². The van der Waals surface area contributed by atoms with Crippen LogP contribution in [0.4, 0.5) is 4.39 Å². The molecule has 0 saturated heterocycles. The van der Waals surface area contributed by atoms with Gasteiger partial charge in [0.25, 0.3) is 0 Å². The van der Waals surface area contributed by atoms with Crippen molar-refractivity contribution in [3.8, 4) is 11.5 Å². The van der Waals surface area contributed by atoms with E-state index in [4.69, 9.17) is 24.1 Å². The average molecular weight is 508 g/mol. The number of benzene rings is 3. The fourth-order valence-electron chi connectivity index (χ4n) is 3.92. The molecule has 1 heterocycles. The molecular weight excluding hydrogens is 477 g/mol. The molecule has 0 saturated carbocycles. The molecule has 0 aliphatic carbocycles. The van der Waals surface area contributed by atoms with Gasteiger partial charge in [0, 0.05) is 25.5 Å². The predicted octanol–water partition coefficient (Wildman–Crippen LogP) is 5.45. The maximum atomic E-state index is 13.5. The Hall–Kier alpha value is -4.04. The topological polar surface area (TPSA) is 77.5 Å². The predicted molar refractivity (Wildman–Crippen MR) is 136 cm³/mol. The zero-order chi connectivity index (χ0) is 26.2. The second-order valence-corrected chi connectivity index (χ2v) is 8.92. The first-order valence-electron chi connectivity index (χ1n) is 12.0. The van der Waals surface area contributed by atoms with Crippen LogP contribution in [0, 0.1) is 12.7 Å². The van der Waals surface area contributed by atoms with Gasteiger partial charge >= 0.3 is 11.9 Å². The Kier molecular flexibility index (Phi) is 8.64. The van der Waals surface area contributed by atoms with E-state index in [1.807, 2.05) is 49.4 Å². The van der Waals surface area contributed by atoms with Crippen LogP contribution in [-0.2, 0) is 20.7 Å². The summed E-state index contributed by atoms with van der Waals surface area (Å²) in [7, 11) is 1.73. The standard InChI is InChI=1S/C29H30FNO6/c1-20-8-13-24(17-26(20)36-29-19-34-28(37-29)16-21-6-4-3-5-7-21)35-25(14-15-31(2)18-27(32)33)22-9-11-23(30)12-10-22/h3-13,17,19,25,28H,14-16,18H2,1-2H3,(H,32,33). The Bertz CT molecular complexity index is 1210. The second-order valence-electron chi connectivity index (χ2n) is 8.92. The number of rotatable bonds is 12. The highest BCUT2D eigenvalue weighted by Gasteiger charge is 2.23. The number of carboxylic acid groups (broad SMARTS) is 1. The molecule has 0 radical (unpaired) electrons. The van der Waals surface area contributed by atoms with Crippen LogP contribution in [0.3, 0.4) is 0 Å². The van der Waals surface area contributed by atoms with Crippen LogP contribution < -0.4 is 9.47 Å². The molecule has 3 aromatic carbocycles. The SMILES string of the molecule is Cc1ccc(OC(CCN(C)CC(=O)O)c2ccc(F)cc2)cc1OC1=COC(Cc2ccccc2)O1. The van der Waals surface area contributed by atoms with Gasteiger partial charge < -0.3 is 24.1 Å². The molecule has 4 rings (SSSR count). The molecule has 3 aromatic rings. The summed E-state index contributed by atoms with van der Waals surface area (Å²) < 4.78 is 37.2. The monoisotopic (exact) mass is 507 g/mol.